The fraction of sp³-hybridized carbons (Fsp3) is 0.300. The van der Waals surface area contributed by atoms with Gasteiger partial charge in [0.25, 0.3) is 0 Å². The minimum Gasteiger partial charge on any atom is -0.497 e. The maximum absolute atomic E-state index is 10.6. The average Bonchev–Trinajstić information content (AvgIpc) is 2.53. The van der Waals surface area contributed by atoms with Crippen LogP contribution in [0.1, 0.15) is 38.2 Å². The van der Waals surface area contributed by atoms with Gasteiger partial charge in [-0.3, -0.25) is 0 Å². The Morgan fingerprint density at radius 3 is 2.71 bits per heavy atom. The number of benzene rings is 2. The minimum atomic E-state index is -0.984. The van der Waals surface area contributed by atoms with Gasteiger partial charge in [0.1, 0.15) is 11.5 Å². The molecule has 1 unspecified atom stereocenters. The number of aliphatic hydroxyl groups is 1. The number of rotatable bonds is 1. The maximum atomic E-state index is 10.6. The lowest BCUT2D eigenvalue weighted by atomic mass is 9.84. The van der Waals surface area contributed by atoms with Crippen LogP contribution in [0.3, 0.4) is 0 Å². The molecule has 0 saturated carbocycles. The van der Waals surface area contributed by atoms with Crippen LogP contribution in [0.2, 0.25) is 0 Å². The summed E-state index contributed by atoms with van der Waals surface area (Å²) >= 11 is 0. The number of anilines is 1. The second-order valence-corrected chi connectivity index (χ2v) is 6.96. The van der Waals surface area contributed by atoms with E-state index in [1.807, 2.05) is 24.3 Å². The smallest absolute Gasteiger partial charge is 0.225 e. The molecular weight excluding hydrogens is 302 g/mol. The van der Waals surface area contributed by atoms with Crippen molar-refractivity contribution in [3.63, 3.8) is 0 Å². The van der Waals surface area contributed by atoms with Gasteiger partial charge < -0.3 is 19.9 Å². The van der Waals surface area contributed by atoms with Gasteiger partial charge in [-0.1, -0.05) is 12.1 Å². The second kappa shape index (κ2) is 5.02. The standard InChI is InChI=1S/C20H21NO3/c1-11-10-20(2,3)21-15-7-6-13-14-9-12(23-4)5-8-16(14)24-19(22)18(13)17(11)15/h5-10,19,21-22H,1-4H3. The number of hydrogen-bond donors (Lipinski definition) is 2. The van der Waals surface area contributed by atoms with Crippen LogP contribution in [-0.4, -0.2) is 17.8 Å². The SMILES string of the molecule is COc1ccc2c(c1)-c1ccc3c(c1C(O)O2)C(C)=CC(C)(C)N3. The lowest BCUT2D eigenvalue weighted by Crippen LogP contribution is -2.32. The molecule has 0 bridgehead atoms. The number of hydrogen-bond acceptors (Lipinski definition) is 4. The van der Waals surface area contributed by atoms with E-state index in [0.717, 1.165) is 39.3 Å². The summed E-state index contributed by atoms with van der Waals surface area (Å²) in [4.78, 5) is 0. The Morgan fingerprint density at radius 2 is 1.96 bits per heavy atom. The fourth-order valence-electron chi connectivity index (χ4n) is 3.77. The number of aliphatic hydroxyl groups excluding tert-OH is 1. The van der Waals surface area contributed by atoms with Crippen molar-refractivity contribution in [2.75, 3.05) is 12.4 Å². The van der Waals surface area contributed by atoms with Crippen molar-refractivity contribution in [3.8, 4) is 22.6 Å². The van der Waals surface area contributed by atoms with Gasteiger partial charge in [-0.25, -0.2) is 0 Å². The Bertz CT molecular complexity index is 867. The summed E-state index contributed by atoms with van der Waals surface area (Å²) in [5.74, 6) is 1.44. The molecule has 0 fully saturated rings. The zero-order chi connectivity index (χ0) is 17.1. The first-order valence-corrected chi connectivity index (χ1v) is 8.08. The van der Waals surface area contributed by atoms with E-state index in [4.69, 9.17) is 9.47 Å². The molecule has 4 rings (SSSR count). The Morgan fingerprint density at radius 1 is 1.17 bits per heavy atom. The fourth-order valence-corrected chi connectivity index (χ4v) is 3.77. The highest BCUT2D eigenvalue weighted by Gasteiger charge is 2.32. The zero-order valence-electron chi connectivity index (χ0n) is 14.3. The molecule has 2 aliphatic rings. The molecule has 0 radical (unpaired) electrons. The summed E-state index contributed by atoms with van der Waals surface area (Å²) < 4.78 is 11.1. The van der Waals surface area contributed by atoms with Gasteiger partial charge >= 0.3 is 0 Å². The third kappa shape index (κ3) is 2.18. The highest BCUT2D eigenvalue weighted by atomic mass is 16.6. The van der Waals surface area contributed by atoms with Crippen molar-refractivity contribution >= 4 is 11.3 Å². The molecule has 0 amide bonds. The molecule has 0 aromatic heterocycles. The Labute approximate surface area is 141 Å². The van der Waals surface area contributed by atoms with E-state index < -0.39 is 6.29 Å². The van der Waals surface area contributed by atoms with Gasteiger partial charge in [0.05, 0.1) is 12.6 Å². The lowest BCUT2D eigenvalue weighted by molar-refractivity contribution is -0.0215. The number of nitrogens with one attached hydrogen (secondary N) is 1. The third-order valence-electron chi connectivity index (χ3n) is 4.64. The Hall–Kier alpha value is -2.46. The number of ether oxygens (including phenoxy) is 2. The zero-order valence-corrected chi connectivity index (χ0v) is 14.3. The van der Waals surface area contributed by atoms with E-state index in [9.17, 15) is 5.11 Å². The molecule has 0 spiro atoms. The summed E-state index contributed by atoms with van der Waals surface area (Å²) in [6.07, 6.45) is 1.20. The van der Waals surface area contributed by atoms with Crippen LogP contribution in [-0.2, 0) is 0 Å². The van der Waals surface area contributed by atoms with Crippen LogP contribution in [0, 0.1) is 0 Å². The first-order valence-electron chi connectivity index (χ1n) is 8.08. The van der Waals surface area contributed by atoms with Gasteiger partial charge in [0, 0.05) is 22.4 Å². The molecule has 24 heavy (non-hydrogen) atoms. The van der Waals surface area contributed by atoms with Crippen LogP contribution in [0.25, 0.3) is 16.7 Å². The minimum absolute atomic E-state index is 0.118. The predicted octanol–water partition coefficient (Wildman–Crippen LogP) is 4.35. The number of methoxy groups -OCH3 is 1. The van der Waals surface area contributed by atoms with Crippen molar-refractivity contribution in [3.05, 3.63) is 47.5 Å². The van der Waals surface area contributed by atoms with Crippen LogP contribution >= 0.6 is 0 Å². The molecule has 2 N–H and O–H groups in total. The summed E-state index contributed by atoms with van der Waals surface area (Å²) in [5, 5.41) is 14.1. The molecule has 124 valence electrons. The van der Waals surface area contributed by atoms with Gasteiger partial charge in [0.15, 0.2) is 0 Å². The first kappa shape index (κ1) is 15.1. The first-order chi connectivity index (χ1) is 11.4. The molecule has 2 heterocycles. The molecule has 1 atom stereocenters. The van der Waals surface area contributed by atoms with Gasteiger partial charge in [-0.15, -0.1) is 0 Å². The monoisotopic (exact) mass is 323 g/mol. The van der Waals surface area contributed by atoms with Gasteiger partial charge in [-0.05, 0) is 56.2 Å². The maximum Gasteiger partial charge on any atom is 0.225 e. The van der Waals surface area contributed by atoms with Crippen LogP contribution in [0.4, 0.5) is 5.69 Å². The quantitative estimate of drug-likeness (QED) is 0.819. The molecule has 2 aromatic carbocycles. The van der Waals surface area contributed by atoms with Gasteiger partial charge in [-0.2, -0.15) is 0 Å². The van der Waals surface area contributed by atoms with Gasteiger partial charge in [0.2, 0.25) is 6.29 Å². The lowest BCUT2D eigenvalue weighted by Gasteiger charge is -2.35. The highest BCUT2D eigenvalue weighted by Crippen LogP contribution is 2.48. The van der Waals surface area contributed by atoms with Crippen molar-refractivity contribution < 1.29 is 14.6 Å². The molecule has 0 saturated heterocycles. The molecule has 4 heteroatoms. The highest BCUT2D eigenvalue weighted by molar-refractivity contribution is 5.89. The summed E-state index contributed by atoms with van der Waals surface area (Å²) in [5.41, 5.74) is 5.79. The predicted molar refractivity (Wildman–Crippen MR) is 95.4 cm³/mol. The summed E-state index contributed by atoms with van der Waals surface area (Å²) in [7, 11) is 1.65. The Balaban J connectivity index is 1.98. The number of allylic oxidation sites excluding steroid dienone is 1. The molecule has 4 nitrogen and oxygen atoms in total. The third-order valence-corrected chi connectivity index (χ3v) is 4.64. The molecule has 0 aliphatic carbocycles. The van der Waals surface area contributed by atoms with Crippen molar-refractivity contribution in [2.45, 2.75) is 32.6 Å². The Kier molecular flexibility index (Phi) is 3.15. The molecule has 2 aromatic rings. The van der Waals surface area contributed by atoms with Crippen LogP contribution in [0.5, 0.6) is 11.5 Å². The van der Waals surface area contributed by atoms with Crippen molar-refractivity contribution in [1.82, 2.24) is 0 Å². The number of fused-ring (bicyclic) bond motifs is 5. The topological polar surface area (TPSA) is 50.7 Å². The largest absolute Gasteiger partial charge is 0.497 e. The van der Waals surface area contributed by atoms with Crippen LogP contribution < -0.4 is 14.8 Å². The average molecular weight is 323 g/mol. The molecule has 2 aliphatic heterocycles. The normalized spacial score (nSPS) is 19.9. The van der Waals surface area contributed by atoms with E-state index in [2.05, 4.69) is 38.2 Å². The summed E-state index contributed by atoms with van der Waals surface area (Å²) in [6, 6.07) is 9.74. The van der Waals surface area contributed by atoms with E-state index in [1.54, 1.807) is 7.11 Å². The van der Waals surface area contributed by atoms with E-state index in [1.165, 1.54) is 0 Å². The van der Waals surface area contributed by atoms with E-state index in [-0.39, 0.29) is 5.54 Å². The van der Waals surface area contributed by atoms with E-state index >= 15 is 0 Å². The second-order valence-electron chi connectivity index (χ2n) is 6.96. The molecular formula is C20H21NO3. The van der Waals surface area contributed by atoms with E-state index in [0.29, 0.717) is 5.75 Å². The van der Waals surface area contributed by atoms with Crippen molar-refractivity contribution in [2.24, 2.45) is 0 Å². The summed E-state index contributed by atoms with van der Waals surface area (Å²) in [6.45, 7) is 6.34. The van der Waals surface area contributed by atoms with Crippen molar-refractivity contribution in [1.29, 1.82) is 0 Å². The van der Waals surface area contributed by atoms with Crippen LogP contribution in [0.15, 0.2) is 36.4 Å².